The van der Waals surface area contributed by atoms with Gasteiger partial charge in [0.25, 0.3) is 0 Å². The molecule has 0 radical (unpaired) electrons. The maximum atomic E-state index is 8.86. The molecule has 2 rings (SSSR count). The zero-order chi connectivity index (χ0) is 10.1. The topological polar surface area (TPSA) is 58.3 Å². The van der Waals surface area contributed by atoms with E-state index in [1.807, 2.05) is 35.9 Å². The first-order chi connectivity index (χ1) is 6.68. The van der Waals surface area contributed by atoms with E-state index in [1.165, 1.54) is 0 Å². The van der Waals surface area contributed by atoms with Gasteiger partial charge in [0.1, 0.15) is 5.82 Å². The van der Waals surface area contributed by atoms with Gasteiger partial charge in [-0.25, -0.2) is 4.98 Å². The molecule has 14 heavy (non-hydrogen) atoms. The van der Waals surface area contributed by atoms with Gasteiger partial charge in [-0.2, -0.15) is 0 Å². The molecule has 5 heteroatoms. The number of aromatic nitrogens is 2. The van der Waals surface area contributed by atoms with Crippen LogP contribution in [0.25, 0.3) is 11.0 Å². The second-order valence-electron chi connectivity index (χ2n) is 3.26. The third-order valence-electron chi connectivity index (χ3n) is 2.24. The van der Waals surface area contributed by atoms with E-state index in [4.69, 9.17) is 10.0 Å². The Hall–Kier alpha value is -1.33. The molecule has 0 spiro atoms. The maximum Gasteiger partial charge on any atom is 0.459 e. The van der Waals surface area contributed by atoms with Gasteiger partial charge in [-0.05, 0) is 12.1 Å². The summed E-state index contributed by atoms with van der Waals surface area (Å²) in [5.74, 6) is 0.682. The van der Waals surface area contributed by atoms with E-state index in [0.717, 1.165) is 11.0 Å². The highest BCUT2D eigenvalue weighted by Crippen LogP contribution is 2.14. The van der Waals surface area contributed by atoms with Gasteiger partial charge in [-0.3, -0.25) is 0 Å². The molecule has 0 unspecified atom stereocenters. The van der Waals surface area contributed by atoms with Gasteiger partial charge in [0, 0.05) is 13.4 Å². The molecule has 0 saturated heterocycles. The fourth-order valence-corrected chi connectivity index (χ4v) is 1.54. The Kier molecular flexibility index (Phi) is 2.27. The van der Waals surface area contributed by atoms with Gasteiger partial charge in [-0.15, -0.1) is 0 Å². The summed E-state index contributed by atoms with van der Waals surface area (Å²) >= 11 is 0. The SMILES string of the molecule is Cn1c(CB(O)O)nc2ccccc21. The molecule has 0 fully saturated rings. The lowest BCUT2D eigenvalue weighted by Crippen LogP contribution is -2.18. The predicted molar refractivity (Wildman–Crippen MR) is 54.6 cm³/mol. The molecular weight excluding hydrogens is 179 g/mol. The molecule has 1 aromatic heterocycles. The highest BCUT2D eigenvalue weighted by molar-refractivity contribution is 6.40. The van der Waals surface area contributed by atoms with Crippen LogP contribution in [0.1, 0.15) is 5.82 Å². The Morgan fingerprint density at radius 2 is 2.07 bits per heavy atom. The number of nitrogens with zero attached hydrogens (tertiary/aromatic N) is 2. The van der Waals surface area contributed by atoms with Gasteiger partial charge in [0.2, 0.25) is 0 Å². The van der Waals surface area contributed by atoms with Crippen molar-refractivity contribution in [3.63, 3.8) is 0 Å². The smallest absolute Gasteiger partial charge is 0.427 e. The lowest BCUT2D eigenvalue weighted by Gasteiger charge is -2.00. The summed E-state index contributed by atoms with van der Waals surface area (Å²) in [6.07, 6.45) is 0.158. The molecule has 72 valence electrons. The van der Waals surface area contributed by atoms with Crippen molar-refractivity contribution in [2.24, 2.45) is 7.05 Å². The lowest BCUT2D eigenvalue weighted by atomic mass is 9.86. The average molecular weight is 190 g/mol. The second kappa shape index (κ2) is 3.44. The maximum absolute atomic E-state index is 8.86. The van der Waals surface area contributed by atoms with E-state index >= 15 is 0 Å². The standard InChI is InChI=1S/C9H11BN2O2/c1-12-8-5-3-2-4-7(8)11-9(12)6-10(13)14/h2-5,13-14H,6H2,1H3. The molecule has 4 nitrogen and oxygen atoms in total. The molecule has 0 aliphatic rings. The summed E-state index contributed by atoms with van der Waals surface area (Å²) in [4.78, 5) is 4.30. The Bertz CT molecular complexity index is 453. The summed E-state index contributed by atoms with van der Waals surface area (Å²) in [6.45, 7) is 0. The number of imidazole rings is 1. The first-order valence-corrected chi connectivity index (χ1v) is 4.45. The third kappa shape index (κ3) is 1.52. The summed E-state index contributed by atoms with van der Waals surface area (Å²) in [7, 11) is 0.526. The van der Waals surface area contributed by atoms with E-state index in [-0.39, 0.29) is 6.32 Å². The Morgan fingerprint density at radius 1 is 1.36 bits per heavy atom. The minimum absolute atomic E-state index is 0.158. The minimum Gasteiger partial charge on any atom is -0.427 e. The predicted octanol–water partition coefficient (Wildman–Crippen LogP) is 0.128. The van der Waals surface area contributed by atoms with Crippen molar-refractivity contribution >= 4 is 18.2 Å². The van der Waals surface area contributed by atoms with Crippen molar-refractivity contribution in [1.29, 1.82) is 0 Å². The fraction of sp³-hybridized carbons (Fsp3) is 0.222. The van der Waals surface area contributed by atoms with E-state index in [0.29, 0.717) is 5.82 Å². The summed E-state index contributed by atoms with van der Waals surface area (Å²) in [5, 5.41) is 17.7. The fourth-order valence-electron chi connectivity index (χ4n) is 1.54. The van der Waals surface area contributed by atoms with Crippen molar-refractivity contribution in [2.75, 3.05) is 0 Å². The number of rotatable bonds is 2. The number of aryl methyl sites for hydroxylation is 1. The lowest BCUT2D eigenvalue weighted by molar-refractivity contribution is 0.403. The Labute approximate surface area is 82.0 Å². The highest BCUT2D eigenvalue weighted by atomic mass is 16.4. The van der Waals surface area contributed by atoms with Crippen LogP contribution in [0.15, 0.2) is 24.3 Å². The summed E-state index contributed by atoms with van der Waals surface area (Å²) in [5.41, 5.74) is 1.88. The highest BCUT2D eigenvalue weighted by Gasteiger charge is 2.14. The monoisotopic (exact) mass is 190 g/mol. The number of hydrogen-bond acceptors (Lipinski definition) is 3. The van der Waals surface area contributed by atoms with E-state index in [9.17, 15) is 0 Å². The van der Waals surface area contributed by atoms with Gasteiger partial charge in [0.05, 0.1) is 11.0 Å². The zero-order valence-corrected chi connectivity index (χ0v) is 7.88. The number of fused-ring (bicyclic) bond motifs is 1. The molecule has 0 atom stereocenters. The van der Waals surface area contributed by atoms with Crippen LogP contribution in [0.4, 0.5) is 0 Å². The molecule has 0 bridgehead atoms. The van der Waals surface area contributed by atoms with Crippen LogP contribution in [-0.4, -0.2) is 26.7 Å². The molecule has 0 amide bonds. The van der Waals surface area contributed by atoms with Crippen LogP contribution in [0.5, 0.6) is 0 Å². The average Bonchev–Trinajstić information content (AvgIpc) is 2.44. The van der Waals surface area contributed by atoms with Crippen LogP contribution in [0, 0.1) is 0 Å². The van der Waals surface area contributed by atoms with Crippen molar-refractivity contribution in [3.05, 3.63) is 30.1 Å². The van der Waals surface area contributed by atoms with Gasteiger partial charge in [0.15, 0.2) is 0 Å². The molecule has 1 heterocycles. The molecule has 1 aromatic carbocycles. The van der Waals surface area contributed by atoms with E-state index < -0.39 is 7.12 Å². The largest absolute Gasteiger partial charge is 0.459 e. The summed E-state index contributed by atoms with van der Waals surface area (Å²) in [6, 6.07) is 7.70. The first-order valence-electron chi connectivity index (χ1n) is 4.45. The van der Waals surface area contributed by atoms with Gasteiger partial charge >= 0.3 is 7.12 Å². The second-order valence-corrected chi connectivity index (χ2v) is 3.26. The number of benzene rings is 1. The van der Waals surface area contributed by atoms with Crippen molar-refractivity contribution < 1.29 is 10.0 Å². The quantitative estimate of drug-likeness (QED) is 0.661. The Balaban J connectivity index is 2.51. The van der Waals surface area contributed by atoms with Crippen LogP contribution in [0.3, 0.4) is 0 Å². The summed E-state index contributed by atoms with van der Waals surface area (Å²) < 4.78 is 1.87. The molecule has 2 aromatic rings. The van der Waals surface area contributed by atoms with Crippen LogP contribution in [0.2, 0.25) is 0 Å². The number of para-hydroxylation sites is 2. The van der Waals surface area contributed by atoms with Crippen molar-refractivity contribution in [2.45, 2.75) is 6.32 Å². The van der Waals surface area contributed by atoms with Crippen LogP contribution in [-0.2, 0) is 13.4 Å². The van der Waals surface area contributed by atoms with Crippen LogP contribution < -0.4 is 0 Å². The third-order valence-corrected chi connectivity index (χ3v) is 2.24. The molecular formula is C9H11BN2O2. The molecule has 0 aliphatic carbocycles. The zero-order valence-electron chi connectivity index (χ0n) is 7.88. The minimum atomic E-state index is -1.34. The van der Waals surface area contributed by atoms with Crippen molar-refractivity contribution in [1.82, 2.24) is 9.55 Å². The molecule has 2 N–H and O–H groups in total. The van der Waals surface area contributed by atoms with Gasteiger partial charge < -0.3 is 14.6 Å². The molecule has 0 aliphatic heterocycles. The first kappa shape index (κ1) is 9.24. The Morgan fingerprint density at radius 3 is 2.71 bits per heavy atom. The van der Waals surface area contributed by atoms with E-state index in [1.54, 1.807) is 0 Å². The normalized spacial score (nSPS) is 10.8. The molecule has 0 saturated carbocycles. The van der Waals surface area contributed by atoms with Crippen molar-refractivity contribution in [3.8, 4) is 0 Å². The number of hydrogen-bond donors (Lipinski definition) is 2. The van der Waals surface area contributed by atoms with E-state index in [2.05, 4.69) is 4.98 Å². The van der Waals surface area contributed by atoms with Gasteiger partial charge in [-0.1, -0.05) is 12.1 Å². The van der Waals surface area contributed by atoms with Crippen LogP contribution >= 0.6 is 0 Å².